The molecule has 0 bridgehead atoms. The van der Waals surface area contributed by atoms with Gasteiger partial charge in [-0.15, -0.1) is 0 Å². The second-order valence-electron chi connectivity index (χ2n) is 5.50. The molecule has 0 unspecified atom stereocenters. The van der Waals surface area contributed by atoms with Crippen molar-refractivity contribution in [1.82, 2.24) is 9.73 Å². The first-order chi connectivity index (χ1) is 11.9. The van der Waals surface area contributed by atoms with E-state index in [1.807, 2.05) is 0 Å². The topological polar surface area (TPSA) is 95.9 Å². The molecule has 1 aliphatic rings. The predicted molar refractivity (Wildman–Crippen MR) is 91.7 cm³/mol. The van der Waals surface area contributed by atoms with Gasteiger partial charge in [0.15, 0.2) is 0 Å². The second-order valence-corrected chi connectivity index (χ2v) is 7.16. The van der Waals surface area contributed by atoms with Gasteiger partial charge >= 0.3 is 0 Å². The third-order valence-electron chi connectivity index (χ3n) is 3.68. The van der Waals surface area contributed by atoms with E-state index in [4.69, 9.17) is 0 Å². The highest BCUT2D eigenvalue weighted by Gasteiger charge is 2.35. The first kappa shape index (κ1) is 16.8. The summed E-state index contributed by atoms with van der Waals surface area (Å²) >= 11 is 0. The molecule has 2 aromatic rings. The molecular formula is C17H15N3O4S. The van der Waals surface area contributed by atoms with Crippen molar-refractivity contribution in [2.75, 3.05) is 6.54 Å². The molecule has 0 aromatic heterocycles. The van der Waals surface area contributed by atoms with Gasteiger partial charge in [-0.05, 0) is 31.2 Å². The molecule has 0 saturated carbocycles. The van der Waals surface area contributed by atoms with Crippen molar-refractivity contribution >= 4 is 27.5 Å². The zero-order chi connectivity index (χ0) is 18.0. The van der Waals surface area contributed by atoms with E-state index < -0.39 is 21.8 Å². The number of carbonyl (C=O) groups is 2. The molecule has 128 valence electrons. The van der Waals surface area contributed by atoms with Crippen LogP contribution in [-0.4, -0.2) is 37.4 Å². The molecule has 25 heavy (non-hydrogen) atoms. The number of benzene rings is 2. The third-order valence-corrected chi connectivity index (χ3v) is 4.90. The zero-order valence-electron chi connectivity index (χ0n) is 13.3. The molecule has 1 N–H and O–H groups in total. The van der Waals surface area contributed by atoms with E-state index in [1.165, 1.54) is 19.1 Å². The van der Waals surface area contributed by atoms with Gasteiger partial charge in [0.2, 0.25) is 0 Å². The van der Waals surface area contributed by atoms with Crippen molar-refractivity contribution in [2.45, 2.75) is 11.8 Å². The number of hydrazone groups is 1. The Kier molecular flexibility index (Phi) is 4.37. The molecule has 0 radical (unpaired) electrons. The highest BCUT2D eigenvalue weighted by molar-refractivity contribution is 7.89. The van der Waals surface area contributed by atoms with Crippen LogP contribution in [0.15, 0.2) is 64.6 Å². The Hall–Kier alpha value is -3.00. The van der Waals surface area contributed by atoms with Crippen LogP contribution in [0, 0.1) is 0 Å². The number of imide groups is 1. The highest BCUT2D eigenvalue weighted by Crippen LogP contribution is 2.22. The Bertz CT molecular complexity index is 933. The number of sulfonamides is 1. The Morgan fingerprint density at radius 3 is 2.04 bits per heavy atom. The average Bonchev–Trinajstić information content (AvgIpc) is 2.86. The van der Waals surface area contributed by atoms with Gasteiger partial charge in [-0.25, -0.2) is 4.83 Å². The molecule has 8 heteroatoms. The van der Waals surface area contributed by atoms with Gasteiger partial charge in [0.1, 0.15) is 0 Å². The minimum absolute atomic E-state index is 0.0762. The monoisotopic (exact) mass is 357 g/mol. The average molecular weight is 357 g/mol. The van der Waals surface area contributed by atoms with Crippen LogP contribution in [0.25, 0.3) is 0 Å². The van der Waals surface area contributed by atoms with Crippen LogP contribution in [0.5, 0.6) is 0 Å². The molecule has 0 spiro atoms. The molecule has 1 heterocycles. The van der Waals surface area contributed by atoms with E-state index in [9.17, 15) is 18.0 Å². The van der Waals surface area contributed by atoms with E-state index in [2.05, 4.69) is 9.93 Å². The van der Waals surface area contributed by atoms with Crippen LogP contribution in [0.4, 0.5) is 0 Å². The van der Waals surface area contributed by atoms with E-state index in [-0.39, 0.29) is 17.2 Å². The van der Waals surface area contributed by atoms with Gasteiger partial charge in [-0.3, -0.25) is 14.5 Å². The lowest BCUT2D eigenvalue weighted by Crippen LogP contribution is -2.35. The first-order valence-electron chi connectivity index (χ1n) is 7.45. The number of hydrogen-bond donors (Lipinski definition) is 1. The molecule has 3 rings (SSSR count). The van der Waals surface area contributed by atoms with Crippen LogP contribution in [0.3, 0.4) is 0 Å². The van der Waals surface area contributed by atoms with Crippen molar-refractivity contribution in [3.05, 3.63) is 65.7 Å². The Morgan fingerprint density at radius 1 is 0.960 bits per heavy atom. The van der Waals surface area contributed by atoms with Crippen molar-refractivity contribution in [2.24, 2.45) is 5.10 Å². The summed E-state index contributed by atoms with van der Waals surface area (Å²) in [7, 11) is -3.80. The lowest BCUT2D eigenvalue weighted by molar-refractivity contribution is 0.0677. The van der Waals surface area contributed by atoms with Gasteiger partial charge in [0.25, 0.3) is 21.8 Å². The van der Waals surface area contributed by atoms with Gasteiger partial charge < -0.3 is 0 Å². The molecule has 0 fully saturated rings. The van der Waals surface area contributed by atoms with Crippen LogP contribution >= 0.6 is 0 Å². The number of nitrogens with one attached hydrogen (secondary N) is 1. The number of amides is 2. The van der Waals surface area contributed by atoms with Crippen LogP contribution in [0.2, 0.25) is 0 Å². The van der Waals surface area contributed by atoms with Crippen molar-refractivity contribution in [1.29, 1.82) is 0 Å². The van der Waals surface area contributed by atoms with Crippen LogP contribution in [-0.2, 0) is 10.0 Å². The van der Waals surface area contributed by atoms with E-state index >= 15 is 0 Å². The number of carbonyl (C=O) groups excluding carboxylic acids is 2. The number of nitrogens with zero attached hydrogens (tertiary/aromatic N) is 2. The molecule has 1 aliphatic heterocycles. The quantitative estimate of drug-likeness (QED) is 0.500. The lowest BCUT2D eigenvalue weighted by Gasteiger charge is -2.13. The summed E-state index contributed by atoms with van der Waals surface area (Å²) in [5, 5.41) is 3.80. The maximum atomic E-state index is 12.3. The summed E-state index contributed by atoms with van der Waals surface area (Å²) < 4.78 is 24.2. The summed E-state index contributed by atoms with van der Waals surface area (Å²) in [4.78, 5) is 27.8. The van der Waals surface area contributed by atoms with E-state index in [1.54, 1.807) is 42.5 Å². The maximum Gasteiger partial charge on any atom is 0.276 e. The fraction of sp³-hybridized carbons (Fsp3) is 0.118. The SMILES string of the molecule is C/C(CN1C(=O)c2ccccc2C1=O)=N\NS(=O)(=O)c1ccccc1. The smallest absolute Gasteiger partial charge is 0.269 e. The largest absolute Gasteiger partial charge is 0.276 e. The molecule has 7 nitrogen and oxygen atoms in total. The van der Waals surface area contributed by atoms with Gasteiger partial charge in [-0.1, -0.05) is 30.3 Å². The standard InChI is InChI=1S/C17H15N3O4S/c1-12(18-19-25(23,24)13-7-3-2-4-8-13)11-20-16(21)14-9-5-6-10-15(14)17(20)22/h2-10,19H,11H2,1H3/b18-12+. The summed E-state index contributed by atoms with van der Waals surface area (Å²) in [6.45, 7) is 1.45. The fourth-order valence-electron chi connectivity index (χ4n) is 2.44. The van der Waals surface area contributed by atoms with E-state index in [0.717, 1.165) is 4.90 Å². The lowest BCUT2D eigenvalue weighted by atomic mass is 10.1. The molecule has 0 atom stereocenters. The predicted octanol–water partition coefficient (Wildman–Crippen LogP) is 1.64. The molecule has 2 aromatic carbocycles. The van der Waals surface area contributed by atoms with Crippen LogP contribution in [0.1, 0.15) is 27.6 Å². The highest BCUT2D eigenvalue weighted by atomic mass is 32.2. The summed E-state index contributed by atoms with van der Waals surface area (Å²) in [5.74, 6) is -0.831. The summed E-state index contributed by atoms with van der Waals surface area (Å²) in [6, 6.07) is 14.3. The first-order valence-corrected chi connectivity index (χ1v) is 8.94. The number of hydrogen-bond acceptors (Lipinski definition) is 5. The van der Waals surface area contributed by atoms with Crippen molar-refractivity contribution in [3.63, 3.8) is 0 Å². The Morgan fingerprint density at radius 2 is 1.48 bits per heavy atom. The van der Waals surface area contributed by atoms with Gasteiger partial charge in [0, 0.05) is 0 Å². The minimum Gasteiger partial charge on any atom is -0.269 e. The molecule has 2 amide bonds. The number of fused-ring (bicyclic) bond motifs is 1. The van der Waals surface area contributed by atoms with Crippen molar-refractivity contribution in [3.8, 4) is 0 Å². The Balaban J connectivity index is 1.73. The van der Waals surface area contributed by atoms with Crippen molar-refractivity contribution < 1.29 is 18.0 Å². The van der Waals surface area contributed by atoms with Crippen LogP contribution < -0.4 is 4.83 Å². The summed E-state index contributed by atoms with van der Waals surface area (Å²) in [5.41, 5.74) is 0.962. The van der Waals surface area contributed by atoms with Gasteiger partial charge in [-0.2, -0.15) is 13.5 Å². The zero-order valence-corrected chi connectivity index (χ0v) is 14.2. The second kappa shape index (κ2) is 6.48. The third kappa shape index (κ3) is 3.29. The van der Waals surface area contributed by atoms with E-state index in [0.29, 0.717) is 11.1 Å². The molecule has 0 saturated heterocycles. The fourth-order valence-corrected chi connectivity index (χ4v) is 3.33. The van der Waals surface area contributed by atoms with Gasteiger partial charge in [0.05, 0.1) is 28.3 Å². The Labute approximate surface area is 145 Å². The molecule has 0 aliphatic carbocycles. The molecular weight excluding hydrogens is 342 g/mol. The normalized spacial score (nSPS) is 14.6. The maximum absolute atomic E-state index is 12.3. The minimum atomic E-state index is -3.80. The number of rotatable bonds is 5. The summed E-state index contributed by atoms with van der Waals surface area (Å²) in [6.07, 6.45) is 0.